The van der Waals surface area contributed by atoms with Gasteiger partial charge in [0.2, 0.25) is 10.0 Å². The monoisotopic (exact) mass is 547 g/mol. The van der Waals surface area contributed by atoms with Crippen LogP contribution in [0.25, 0.3) is 11.0 Å². The van der Waals surface area contributed by atoms with Crippen molar-refractivity contribution in [1.82, 2.24) is 4.72 Å². The molecule has 0 unspecified atom stereocenters. The van der Waals surface area contributed by atoms with E-state index in [4.69, 9.17) is 9.15 Å². The summed E-state index contributed by atoms with van der Waals surface area (Å²) in [5.74, 6) is -0.864. The van der Waals surface area contributed by atoms with Crippen LogP contribution in [0.2, 0.25) is 0 Å². The fraction of sp³-hybridized carbons (Fsp3) is 0.290. The van der Waals surface area contributed by atoms with E-state index in [0.717, 1.165) is 16.7 Å². The van der Waals surface area contributed by atoms with E-state index in [1.807, 2.05) is 44.2 Å². The van der Waals surface area contributed by atoms with Crippen LogP contribution in [0.15, 0.2) is 80.8 Å². The third kappa shape index (κ3) is 6.29. The average Bonchev–Trinajstić information content (AvgIpc) is 2.89. The van der Waals surface area contributed by atoms with Gasteiger partial charge in [0.15, 0.2) is 0 Å². The van der Waals surface area contributed by atoms with Crippen molar-refractivity contribution in [2.45, 2.75) is 58.4 Å². The second-order valence-corrected chi connectivity index (χ2v) is 11.7. The third-order valence-corrected chi connectivity index (χ3v) is 8.46. The number of hydrogen-bond acceptors (Lipinski definition) is 6. The summed E-state index contributed by atoms with van der Waals surface area (Å²) in [7, 11) is -3.99. The number of hydrogen-bond donors (Lipinski definition) is 1. The number of sulfonamides is 1. The van der Waals surface area contributed by atoms with Crippen molar-refractivity contribution < 1.29 is 22.4 Å². The van der Waals surface area contributed by atoms with Gasteiger partial charge in [0.1, 0.15) is 17.4 Å². The largest absolute Gasteiger partial charge is 0.425 e. The average molecular weight is 548 g/mol. The maximum atomic E-state index is 13.5. The second kappa shape index (κ2) is 11.6. The molecule has 0 bridgehead atoms. The molecule has 1 N–H and O–H groups in total. The minimum Gasteiger partial charge on any atom is -0.425 e. The van der Waals surface area contributed by atoms with E-state index >= 15 is 0 Å². The third-order valence-electron chi connectivity index (χ3n) is 7.00. The minimum atomic E-state index is -3.99. The lowest BCUT2D eigenvalue weighted by molar-refractivity contribution is -0.137. The standard InChI is InChI=1S/C31H33NO6S/c1-6-21(4)29(32-39(35,36)24-14-12-19(2)13-15-24)31(34)38-27-17-20(3)16-26-28(27)22(5)25(30(33)37-26)18-23-10-8-7-9-11-23/h7-17,21,29,32H,6,18H2,1-5H3/t21-,29+/m0/s1. The molecule has 7 nitrogen and oxygen atoms in total. The molecule has 0 radical (unpaired) electrons. The van der Waals surface area contributed by atoms with Gasteiger partial charge in [0.05, 0.1) is 10.3 Å². The van der Waals surface area contributed by atoms with Gasteiger partial charge in [-0.3, -0.25) is 0 Å². The highest BCUT2D eigenvalue weighted by molar-refractivity contribution is 7.89. The molecule has 204 valence electrons. The van der Waals surface area contributed by atoms with Gasteiger partial charge in [0, 0.05) is 12.0 Å². The zero-order chi connectivity index (χ0) is 28.3. The zero-order valence-electron chi connectivity index (χ0n) is 22.8. The molecule has 2 atom stereocenters. The molecule has 0 aliphatic heterocycles. The Morgan fingerprint density at radius 2 is 1.64 bits per heavy atom. The first-order valence-corrected chi connectivity index (χ1v) is 14.4. The predicted octanol–water partition coefficient (Wildman–Crippen LogP) is 5.61. The quantitative estimate of drug-likeness (QED) is 0.166. The van der Waals surface area contributed by atoms with Gasteiger partial charge in [-0.05, 0) is 67.6 Å². The van der Waals surface area contributed by atoms with Crippen LogP contribution in [0, 0.1) is 26.7 Å². The highest BCUT2D eigenvalue weighted by atomic mass is 32.2. The first kappa shape index (κ1) is 28.3. The molecule has 39 heavy (non-hydrogen) atoms. The van der Waals surface area contributed by atoms with Crippen molar-refractivity contribution in [3.05, 3.63) is 105 Å². The van der Waals surface area contributed by atoms with Crippen LogP contribution in [0.4, 0.5) is 0 Å². The van der Waals surface area contributed by atoms with Crippen LogP contribution in [-0.4, -0.2) is 20.4 Å². The van der Waals surface area contributed by atoms with Crippen molar-refractivity contribution in [2.75, 3.05) is 0 Å². The lowest BCUT2D eigenvalue weighted by Crippen LogP contribution is -2.47. The normalized spacial score (nSPS) is 13.3. The summed E-state index contributed by atoms with van der Waals surface area (Å²) >= 11 is 0. The molecule has 3 aromatic carbocycles. The van der Waals surface area contributed by atoms with E-state index in [1.165, 1.54) is 12.1 Å². The van der Waals surface area contributed by atoms with Gasteiger partial charge in [-0.15, -0.1) is 0 Å². The lowest BCUT2D eigenvalue weighted by atomic mass is 9.98. The number of nitrogens with one attached hydrogen (secondary N) is 1. The Morgan fingerprint density at radius 1 is 0.974 bits per heavy atom. The molecule has 4 aromatic rings. The number of carbonyl (C=O) groups is 1. The fourth-order valence-electron chi connectivity index (χ4n) is 4.48. The smallest absolute Gasteiger partial charge is 0.340 e. The SMILES string of the molecule is CC[C@H](C)[C@@H](NS(=O)(=O)c1ccc(C)cc1)C(=O)Oc1cc(C)cc2oc(=O)c(Cc3ccccc3)c(C)c12. The van der Waals surface area contributed by atoms with E-state index in [0.29, 0.717) is 34.9 Å². The molecule has 0 aliphatic rings. The number of aryl methyl sites for hydroxylation is 3. The van der Waals surface area contributed by atoms with Crippen molar-refractivity contribution in [1.29, 1.82) is 0 Å². The molecule has 0 saturated heterocycles. The maximum Gasteiger partial charge on any atom is 0.340 e. The van der Waals surface area contributed by atoms with Gasteiger partial charge >= 0.3 is 11.6 Å². The Labute approximate surface area is 228 Å². The first-order valence-electron chi connectivity index (χ1n) is 12.9. The van der Waals surface area contributed by atoms with Gasteiger partial charge in [-0.2, -0.15) is 4.72 Å². The van der Waals surface area contributed by atoms with Gasteiger partial charge in [-0.25, -0.2) is 18.0 Å². The zero-order valence-corrected chi connectivity index (χ0v) is 23.6. The molecular weight excluding hydrogens is 514 g/mol. The topological polar surface area (TPSA) is 103 Å². The van der Waals surface area contributed by atoms with E-state index in [2.05, 4.69) is 4.72 Å². The summed E-state index contributed by atoms with van der Waals surface area (Å²) in [6.45, 7) is 9.14. The van der Waals surface area contributed by atoms with Crippen molar-refractivity contribution >= 4 is 27.0 Å². The van der Waals surface area contributed by atoms with Crippen LogP contribution in [0.5, 0.6) is 5.75 Å². The molecule has 1 heterocycles. The van der Waals surface area contributed by atoms with Gasteiger partial charge in [-0.1, -0.05) is 68.3 Å². The molecular formula is C31H33NO6S. The maximum absolute atomic E-state index is 13.5. The number of esters is 1. The van der Waals surface area contributed by atoms with Crippen LogP contribution in [0.1, 0.15) is 48.1 Å². The van der Waals surface area contributed by atoms with Gasteiger partial charge in [0.25, 0.3) is 0 Å². The minimum absolute atomic E-state index is 0.0679. The molecule has 0 fully saturated rings. The number of ether oxygens (including phenoxy) is 1. The summed E-state index contributed by atoms with van der Waals surface area (Å²) in [5.41, 5.74) is 3.56. The lowest BCUT2D eigenvalue weighted by Gasteiger charge is -2.23. The molecule has 0 saturated carbocycles. The highest BCUT2D eigenvalue weighted by Crippen LogP contribution is 2.32. The Kier molecular flexibility index (Phi) is 8.37. The highest BCUT2D eigenvalue weighted by Gasteiger charge is 2.32. The van der Waals surface area contributed by atoms with Crippen molar-refractivity contribution in [2.24, 2.45) is 5.92 Å². The van der Waals surface area contributed by atoms with Crippen molar-refractivity contribution in [3.8, 4) is 5.75 Å². The number of fused-ring (bicyclic) bond motifs is 1. The van der Waals surface area contributed by atoms with E-state index in [1.54, 1.807) is 45.0 Å². The van der Waals surface area contributed by atoms with Crippen molar-refractivity contribution in [3.63, 3.8) is 0 Å². The Bertz CT molecular complexity index is 1660. The van der Waals surface area contributed by atoms with Crippen LogP contribution in [0.3, 0.4) is 0 Å². The Hall–Kier alpha value is -3.75. The molecule has 8 heteroatoms. The first-order chi connectivity index (χ1) is 18.5. The van der Waals surface area contributed by atoms with Gasteiger partial charge < -0.3 is 9.15 Å². The molecule has 1 aromatic heterocycles. The van der Waals surface area contributed by atoms with Crippen LogP contribution in [-0.2, 0) is 21.2 Å². The van der Waals surface area contributed by atoms with E-state index in [9.17, 15) is 18.0 Å². The molecule has 0 amide bonds. The summed E-state index contributed by atoms with van der Waals surface area (Å²) < 4.78 is 40.4. The Balaban J connectivity index is 1.73. The number of rotatable bonds is 9. The number of carbonyl (C=O) groups excluding carboxylic acids is 1. The van der Waals surface area contributed by atoms with Crippen LogP contribution < -0.4 is 15.1 Å². The fourth-order valence-corrected chi connectivity index (χ4v) is 5.77. The molecule has 0 spiro atoms. The molecule has 0 aliphatic carbocycles. The summed E-state index contributed by atoms with van der Waals surface area (Å²) in [5, 5.41) is 0.503. The number of benzene rings is 3. The van der Waals surface area contributed by atoms with Crippen LogP contribution >= 0.6 is 0 Å². The van der Waals surface area contributed by atoms with E-state index in [-0.39, 0.29) is 16.6 Å². The summed E-state index contributed by atoms with van der Waals surface area (Å²) in [4.78, 5) is 26.5. The Morgan fingerprint density at radius 3 is 2.28 bits per heavy atom. The second-order valence-electron chi connectivity index (χ2n) is 10.0. The van der Waals surface area contributed by atoms with E-state index < -0.39 is 27.7 Å². The predicted molar refractivity (Wildman–Crippen MR) is 152 cm³/mol. The molecule has 4 rings (SSSR count). The summed E-state index contributed by atoms with van der Waals surface area (Å²) in [6, 6.07) is 18.3. The summed E-state index contributed by atoms with van der Waals surface area (Å²) in [6.07, 6.45) is 0.901.